The van der Waals surface area contributed by atoms with Crippen molar-refractivity contribution in [2.75, 3.05) is 5.75 Å². The predicted molar refractivity (Wildman–Crippen MR) is 102 cm³/mol. The van der Waals surface area contributed by atoms with E-state index in [0.717, 1.165) is 22.1 Å². The van der Waals surface area contributed by atoms with Crippen LogP contribution in [0.25, 0.3) is 11.2 Å². The Balaban J connectivity index is 1.79. The number of aliphatic hydroxyl groups excluding tert-OH is 1. The molecule has 6 nitrogen and oxygen atoms in total. The molecular weight excluding hydrogens is 370 g/mol. The number of aliphatic hydroxyl groups is 1. The molecule has 0 saturated carbocycles. The van der Waals surface area contributed by atoms with Gasteiger partial charge in [0.15, 0.2) is 5.16 Å². The van der Waals surface area contributed by atoms with Gasteiger partial charge in [-0.05, 0) is 30.0 Å². The minimum atomic E-state index is -1.02. The quantitative estimate of drug-likeness (QED) is 0.530. The van der Waals surface area contributed by atoms with Crippen molar-refractivity contribution in [1.29, 1.82) is 0 Å². The highest BCUT2D eigenvalue weighted by Crippen LogP contribution is 2.31. The van der Waals surface area contributed by atoms with E-state index < -0.39 is 6.10 Å². The maximum absolute atomic E-state index is 11.0. The Labute approximate surface area is 159 Å². The van der Waals surface area contributed by atoms with Crippen LogP contribution in [0.4, 0.5) is 0 Å². The molecule has 3 aromatic heterocycles. The zero-order valence-corrected chi connectivity index (χ0v) is 15.5. The summed E-state index contributed by atoms with van der Waals surface area (Å²) in [5, 5.41) is 20.9. The Morgan fingerprint density at radius 3 is 2.73 bits per heavy atom. The molecule has 0 fully saturated rings. The fraction of sp³-hybridized carbons (Fsp3) is 0.167. The van der Waals surface area contributed by atoms with E-state index in [1.807, 2.05) is 40.8 Å². The lowest BCUT2D eigenvalue weighted by molar-refractivity contribution is 0.207. The third-order valence-corrected chi connectivity index (χ3v) is 5.11. The minimum Gasteiger partial charge on any atom is -0.380 e. The summed E-state index contributed by atoms with van der Waals surface area (Å²) in [5.41, 5.74) is 2.65. The van der Waals surface area contributed by atoms with Crippen LogP contribution < -0.4 is 0 Å². The fourth-order valence-electron chi connectivity index (χ4n) is 2.77. The van der Waals surface area contributed by atoms with Gasteiger partial charge in [-0.25, -0.2) is 4.98 Å². The number of pyridine rings is 1. The summed E-state index contributed by atoms with van der Waals surface area (Å²) >= 11 is 8.02. The van der Waals surface area contributed by atoms with Crippen LogP contribution in [0.2, 0.25) is 5.02 Å². The van der Waals surface area contributed by atoms with Gasteiger partial charge in [0.05, 0.1) is 34.3 Å². The number of thioether (sulfide) groups is 1. The standard InChI is InChI=1S/C18H16ClN5OS/c1-2-26-18-20-10-13-8-9-14(19)16(23(13)18)17(25)15-11-21-24(22-15)12-6-4-3-5-7-12/h3-11,17,25H,2H2,1H3/t17-/m0/s1. The van der Waals surface area contributed by atoms with Gasteiger partial charge in [-0.2, -0.15) is 15.0 Å². The largest absolute Gasteiger partial charge is 0.380 e. The van der Waals surface area contributed by atoms with Crippen LogP contribution >= 0.6 is 23.4 Å². The third kappa shape index (κ3) is 2.98. The summed E-state index contributed by atoms with van der Waals surface area (Å²) in [7, 11) is 0. The van der Waals surface area contributed by atoms with E-state index >= 15 is 0 Å². The van der Waals surface area contributed by atoms with Crippen LogP contribution in [0, 0.1) is 0 Å². The second kappa shape index (κ2) is 7.11. The Morgan fingerprint density at radius 2 is 1.96 bits per heavy atom. The number of nitrogens with zero attached hydrogens (tertiary/aromatic N) is 5. The molecule has 1 atom stereocenters. The normalized spacial score (nSPS) is 12.6. The van der Waals surface area contributed by atoms with Gasteiger partial charge in [-0.1, -0.05) is 48.5 Å². The highest BCUT2D eigenvalue weighted by molar-refractivity contribution is 7.99. The molecule has 8 heteroatoms. The van der Waals surface area contributed by atoms with Crippen molar-refractivity contribution in [3.63, 3.8) is 0 Å². The molecule has 4 rings (SSSR count). The number of halogens is 1. The number of para-hydroxylation sites is 1. The molecule has 132 valence electrons. The zero-order chi connectivity index (χ0) is 18.1. The molecular formula is C18H16ClN5OS. The molecule has 0 bridgehead atoms. The van der Waals surface area contributed by atoms with Crippen LogP contribution in [0.15, 0.2) is 60.0 Å². The molecule has 1 aromatic carbocycles. The minimum absolute atomic E-state index is 0.421. The number of fused-ring (bicyclic) bond motifs is 1. The van der Waals surface area contributed by atoms with Gasteiger partial charge < -0.3 is 5.11 Å². The molecule has 0 aliphatic rings. The predicted octanol–water partition coefficient (Wildman–Crippen LogP) is 3.76. The summed E-state index contributed by atoms with van der Waals surface area (Å²) in [6, 6.07) is 13.2. The van der Waals surface area contributed by atoms with Crippen molar-refractivity contribution >= 4 is 28.9 Å². The van der Waals surface area contributed by atoms with Gasteiger partial charge in [0.25, 0.3) is 0 Å². The molecule has 0 spiro atoms. The number of benzene rings is 1. The zero-order valence-electron chi connectivity index (χ0n) is 14.0. The smallest absolute Gasteiger partial charge is 0.172 e. The number of hydrogen-bond donors (Lipinski definition) is 1. The van der Waals surface area contributed by atoms with E-state index in [2.05, 4.69) is 22.1 Å². The molecule has 3 heterocycles. The summed E-state index contributed by atoms with van der Waals surface area (Å²) in [4.78, 5) is 5.92. The van der Waals surface area contributed by atoms with Crippen molar-refractivity contribution < 1.29 is 5.11 Å². The number of hydrogen-bond acceptors (Lipinski definition) is 5. The highest BCUT2D eigenvalue weighted by atomic mass is 35.5. The van der Waals surface area contributed by atoms with E-state index in [0.29, 0.717) is 16.4 Å². The molecule has 0 radical (unpaired) electrons. The van der Waals surface area contributed by atoms with Gasteiger partial charge in [-0.3, -0.25) is 4.40 Å². The lowest BCUT2D eigenvalue weighted by atomic mass is 10.1. The van der Waals surface area contributed by atoms with Crippen LogP contribution in [-0.2, 0) is 0 Å². The molecule has 0 amide bonds. The number of aromatic nitrogens is 5. The lowest BCUT2D eigenvalue weighted by Gasteiger charge is -2.14. The topological polar surface area (TPSA) is 68.2 Å². The first kappa shape index (κ1) is 17.1. The average molecular weight is 386 g/mol. The van der Waals surface area contributed by atoms with Gasteiger partial charge >= 0.3 is 0 Å². The van der Waals surface area contributed by atoms with E-state index in [-0.39, 0.29) is 0 Å². The first-order valence-electron chi connectivity index (χ1n) is 8.13. The van der Waals surface area contributed by atoms with Crippen molar-refractivity contribution in [1.82, 2.24) is 24.4 Å². The van der Waals surface area contributed by atoms with E-state index in [9.17, 15) is 5.11 Å². The average Bonchev–Trinajstić information content (AvgIpc) is 3.30. The van der Waals surface area contributed by atoms with Gasteiger partial charge in [0, 0.05) is 0 Å². The van der Waals surface area contributed by atoms with E-state index in [4.69, 9.17) is 11.6 Å². The molecule has 0 saturated heterocycles. The van der Waals surface area contributed by atoms with Crippen LogP contribution in [0.3, 0.4) is 0 Å². The van der Waals surface area contributed by atoms with Crippen LogP contribution in [-0.4, -0.2) is 35.2 Å². The van der Waals surface area contributed by atoms with Gasteiger partial charge in [0.2, 0.25) is 0 Å². The molecule has 4 aromatic rings. The molecule has 26 heavy (non-hydrogen) atoms. The van der Waals surface area contributed by atoms with Gasteiger partial charge in [-0.15, -0.1) is 0 Å². The molecule has 0 aliphatic heterocycles. The number of imidazole rings is 1. The van der Waals surface area contributed by atoms with Gasteiger partial charge in [0.1, 0.15) is 11.8 Å². The van der Waals surface area contributed by atoms with E-state index in [1.54, 1.807) is 30.2 Å². The summed E-state index contributed by atoms with van der Waals surface area (Å²) in [6.45, 7) is 2.05. The summed E-state index contributed by atoms with van der Waals surface area (Å²) in [6.07, 6.45) is 2.30. The van der Waals surface area contributed by atoms with Crippen LogP contribution in [0.1, 0.15) is 24.4 Å². The Kier molecular flexibility index (Phi) is 4.67. The van der Waals surface area contributed by atoms with Crippen molar-refractivity contribution in [3.05, 3.63) is 71.3 Å². The first-order chi connectivity index (χ1) is 12.7. The first-order valence-corrected chi connectivity index (χ1v) is 9.49. The summed E-state index contributed by atoms with van der Waals surface area (Å²) < 4.78 is 1.88. The Morgan fingerprint density at radius 1 is 1.15 bits per heavy atom. The fourth-order valence-corrected chi connectivity index (χ4v) is 3.74. The molecule has 0 unspecified atom stereocenters. The molecule has 1 N–H and O–H groups in total. The van der Waals surface area contributed by atoms with Crippen molar-refractivity contribution in [3.8, 4) is 5.69 Å². The van der Waals surface area contributed by atoms with Crippen LogP contribution in [0.5, 0.6) is 0 Å². The van der Waals surface area contributed by atoms with E-state index in [1.165, 1.54) is 4.80 Å². The maximum atomic E-state index is 11.0. The lowest BCUT2D eigenvalue weighted by Crippen LogP contribution is -2.09. The number of rotatable bonds is 5. The second-order valence-corrected chi connectivity index (χ2v) is 7.24. The monoisotopic (exact) mass is 385 g/mol. The Hall–Kier alpha value is -2.35. The summed E-state index contributed by atoms with van der Waals surface area (Å²) in [5.74, 6) is 0.866. The maximum Gasteiger partial charge on any atom is 0.172 e. The molecule has 0 aliphatic carbocycles. The van der Waals surface area contributed by atoms with Crippen molar-refractivity contribution in [2.24, 2.45) is 0 Å². The Bertz CT molecular complexity index is 1050. The van der Waals surface area contributed by atoms with Crippen molar-refractivity contribution in [2.45, 2.75) is 18.2 Å². The third-order valence-electron chi connectivity index (χ3n) is 3.95. The highest BCUT2D eigenvalue weighted by Gasteiger charge is 2.23. The SMILES string of the molecule is CCSc1ncc2ccc(Cl)c([C@@H](O)c3cnn(-c4ccccc4)n3)n12. The second-order valence-electron chi connectivity index (χ2n) is 5.60.